The van der Waals surface area contributed by atoms with E-state index in [1.165, 1.54) is 11.3 Å². The number of aromatic nitrogens is 2. The van der Waals surface area contributed by atoms with Crippen LogP contribution in [0.3, 0.4) is 0 Å². The van der Waals surface area contributed by atoms with E-state index in [0.717, 1.165) is 32.2 Å². The van der Waals surface area contributed by atoms with Gasteiger partial charge in [-0.3, -0.25) is 14.2 Å². The molecule has 0 atom stereocenters. The van der Waals surface area contributed by atoms with Crippen LogP contribution in [0.5, 0.6) is 0 Å². The van der Waals surface area contributed by atoms with Crippen molar-refractivity contribution in [2.75, 3.05) is 0 Å². The number of halogens is 1. The highest BCUT2D eigenvalue weighted by Crippen LogP contribution is 2.37. The summed E-state index contributed by atoms with van der Waals surface area (Å²) in [5.41, 5.74) is 2.78. The molecule has 0 radical (unpaired) electrons. The van der Waals surface area contributed by atoms with Gasteiger partial charge < -0.3 is 0 Å². The van der Waals surface area contributed by atoms with Crippen molar-refractivity contribution < 1.29 is 4.79 Å². The average Bonchev–Trinajstić information content (AvgIpc) is 2.92. The zero-order valence-corrected chi connectivity index (χ0v) is 17.8. The van der Waals surface area contributed by atoms with E-state index in [-0.39, 0.29) is 17.3 Å². The van der Waals surface area contributed by atoms with Gasteiger partial charge in [0.25, 0.3) is 5.56 Å². The quantitative estimate of drug-likeness (QED) is 0.566. The van der Waals surface area contributed by atoms with Crippen LogP contribution in [-0.4, -0.2) is 15.3 Å². The lowest BCUT2D eigenvalue weighted by Gasteiger charge is -2.15. The molecule has 1 aromatic carbocycles. The Bertz CT molecular complexity index is 1100. The summed E-state index contributed by atoms with van der Waals surface area (Å²) in [6.07, 6.45) is 0.325. The van der Waals surface area contributed by atoms with Gasteiger partial charge >= 0.3 is 0 Å². The fourth-order valence-electron chi connectivity index (χ4n) is 3.28. The highest BCUT2D eigenvalue weighted by molar-refractivity contribution is 7.19. The zero-order chi connectivity index (χ0) is 19.9. The molecule has 6 heteroatoms. The Labute approximate surface area is 167 Å². The summed E-state index contributed by atoms with van der Waals surface area (Å²) in [7, 11) is 0. The Morgan fingerprint density at radius 2 is 2.00 bits per heavy atom. The Balaban J connectivity index is 2.32. The van der Waals surface area contributed by atoms with Gasteiger partial charge in [-0.2, -0.15) is 0 Å². The van der Waals surface area contributed by atoms with Crippen molar-refractivity contribution in [3.63, 3.8) is 0 Å². The molecular weight excluding hydrogens is 380 g/mol. The molecular formula is C21H23ClN2O2S. The van der Waals surface area contributed by atoms with Crippen molar-refractivity contribution in [2.45, 2.75) is 53.5 Å². The SMILES string of the molecule is CC(=O)CCn1c(C(C)C)nc2sc(C)c(-c3ccc(Cl)c(C)c3)c2c1=O. The number of ketones is 1. The molecule has 0 saturated heterocycles. The number of carbonyl (C=O) groups excluding carboxylic acids is 1. The molecule has 2 heterocycles. The maximum atomic E-state index is 13.4. The van der Waals surface area contributed by atoms with E-state index < -0.39 is 0 Å². The summed E-state index contributed by atoms with van der Waals surface area (Å²) in [5.74, 6) is 0.887. The minimum Gasteiger partial charge on any atom is -0.300 e. The molecule has 0 bridgehead atoms. The third-order valence-electron chi connectivity index (χ3n) is 4.67. The predicted molar refractivity (Wildman–Crippen MR) is 113 cm³/mol. The number of aryl methyl sites for hydroxylation is 2. The Morgan fingerprint density at radius 3 is 2.59 bits per heavy atom. The van der Waals surface area contributed by atoms with E-state index in [1.54, 1.807) is 11.5 Å². The largest absolute Gasteiger partial charge is 0.300 e. The van der Waals surface area contributed by atoms with Crippen LogP contribution in [0.2, 0.25) is 5.02 Å². The maximum Gasteiger partial charge on any atom is 0.262 e. The molecule has 0 fully saturated rings. The van der Waals surface area contributed by atoms with Crippen LogP contribution in [0.1, 0.15) is 49.4 Å². The van der Waals surface area contributed by atoms with E-state index in [2.05, 4.69) is 0 Å². The molecule has 2 aromatic heterocycles. The first-order valence-corrected chi connectivity index (χ1v) is 10.2. The number of fused-ring (bicyclic) bond motifs is 1. The molecule has 0 saturated carbocycles. The third kappa shape index (κ3) is 3.71. The second-order valence-corrected chi connectivity index (χ2v) is 8.82. The maximum absolute atomic E-state index is 13.4. The van der Waals surface area contributed by atoms with Crippen LogP contribution in [0.25, 0.3) is 21.3 Å². The van der Waals surface area contributed by atoms with Crippen molar-refractivity contribution in [1.29, 1.82) is 0 Å². The first kappa shape index (κ1) is 19.8. The smallest absolute Gasteiger partial charge is 0.262 e. The predicted octanol–water partition coefficient (Wildman–Crippen LogP) is 5.50. The van der Waals surface area contributed by atoms with Crippen LogP contribution in [0.15, 0.2) is 23.0 Å². The number of nitrogens with zero attached hydrogens (tertiary/aromatic N) is 2. The van der Waals surface area contributed by atoms with E-state index in [0.29, 0.717) is 23.4 Å². The first-order valence-electron chi connectivity index (χ1n) is 9.00. The van der Waals surface area contributed by atoms with Gasteiger partial charge in [-0.25, -0.2) is 4.98 Å². The third-order valence-corrected chi connectivity index (χ3v) is 6.09. The molecule has 0 aliphatic heterocycles. The van der Waals surface area contributed by atoms with Gasteiger partial charge in [-0.05, 0) is 44.0 Å². The molecule has 0 amide bonds. The van der Waals surface area contributed by atoms with Gasteiger partial charge in [-0.15, -0.1) is 11.3 Å². The summed E-state index contributed by atoms with van der Waals surface area (Å²) >= 11 is 7.71. The summed E-state index contributed by atoms with van der Waals surface area (Å²) in [6, 6.07) is 5.81. The molecule has 3 aromatic rings. The number of hydrogen-bond acceptors (Lipinski definition) is 4. The van der Waals surface area contributed by atoms with E-state index in [1.807, 2.05) is 45.9 Å². The Hall–Kier alpha value is -1.98. The standard InChI is InChI=1S/C21H23ClN2O2S/c1-11(2)19-23-20-18(21(26)24(19)9-8-13(4)25)17(14(5)27-20)15-6-7-16(22)12(3)10-15/h6-7,10-11H,8-9H2,1-5H3. The van der Waals surface area contributed by atoms with E-state index in [9.17, 15) is 9.59 Å². The molecule has 27 heavy (non-hydrogen) atoms. The van der Waals surface area contributed by atoms with Gasteiger partial charge in [0.2, 0.25) is 0 Å². The van der Waals surface area contributed by atoms with Gasteiger partial charge in [-0.1, -0.05) is 31.5 Å². The number of hydrogen-bond donors (Lipinski definition) is 0. The Morgan fingerprint density at radius 1 is 1.30 bits per heavy atom. The van der Waals surface area contributed by atoms with Gasteiger partial charge in [0.05, 0.1) is 5.39 Å². The number of benzene rings is 1. The van der Waals surface area contributed by atoms with Crippen LogP contribution in [0, 0.1) is 13.8 Å². The summed E-state index contributed by atoms with van der Waals surface area (Å²) in [4.78, 5) is 31.5. The first-order chi connectivity index (χ1) is 12.7. The van der Waals surface area contributed by atoms with Gasteiger partial charge in [0.15, 0.2) is 0 Å². The lowest BCUT2D eigenvalue weighted by atomic mass is 10.0. The normalized spacial score (nSPS) is 11.5. The topological polar surface area (TPSA) is 52.0 Å². The zero-order valence-electron chi connectivity index (χ0n) is 16.2. The summed E-state index contributed by atoms with van der Waals surface area (Å²) in [5, 5.41) is 1.34. The molecule has 0 spiro atoms. The lowest BCUT2D eigenvalue weighted by Crippen LogP contribution is -2.26. The van der Waals surface area contributed by atoms with Gasteiger partial charge in [0.1, 0.15) is 16.4 Å². The van der Waals surface area contributed by atoms with Gasteiger partial charge in [0, 0.05) is 34.3 Å². The molecule has 0 unspecified atom stereocenters. The van der Waals surface area contributed by atoms with Crippen molar-refractivity contribution in [1.82, 2.24) is 9.55 Å². The molecule has 4 nitrogen and oxygen atoms in total. The summed E-state index contributed by atoms with van der Waals surface area (Å²) < 4.78 is 1.67. The van der Waals surface area contributed by atoms with Crippen molar-refractivity contribution in [2.24, 2.45) is 0 Å². The second kappa shape index (κ2) is 7.56. The summed E-state index contributed by atoms with van der Waals surface area (Å²) in [6.45, 7) is 9.90. The average molecular weight is 403 g/mol. The van der Waals surface area contributed by atoms with Crippen LogP contribution < -0.4 is 5.56 Å². The fraction of sp³-hybridized carbons (Fsp3) is 0.381. The molecule has 3 rings (SSSR count). The number of thiophene rings is 1. The van der Waals surface area contributed by atoms with Crippen LogP contribution in [-0.2, 0) is 11.3 Å². The van der Waals surface area contributed by atoms with E-state index >= 15 is 0 Å². The van der Waals surface area contributed by atoms with Crippen molar-refractivity contribution in [3.8, 4) is 11.1 Å². The fourth-order valence-corrected chi connectivity index (χ4v) is 4.44. The van der Waals surface area contributed by atoms with Crippen molar-refractivity contribution in [3.05, 3.63) is 49.8 Å². The highest BCUT2D eigenvalue weighted by Gasteiger charge is 2.21. The van der Waals surface area contributed by atoms with Crippen LogP contribution in [0.4, 0.5) is 0 Å². The second-order valence-electron chi connectivity index (χ2n) is 7.21. The lowest BCUT2D eigenvalue weighted by molar-refractivity contribution is -0.117. The van der Waals surface area contributed by atoms with E-state index in [4.69, 9.17) is 16.6 Å². The van der Waals surface area contributed by atoms with Crippen LogP contribution >= 0.6 is 22.9 Å². The molecule has 142 valence electrons. The monoisotopic (exact) mass is 402 g/mol. The van der Waals surface area contributed by atoms with Crippen molar-refractivity contribution >= 4 is 38.9 Å². The minimum absolute atomic E-state index is 0.0618. The highest BCUT2D eigenvalue weighted by atomic mass is 35.5. The minimum atomic E-state index is -0.0723. The number of rotatable bonds is 5. The molecule has 0 aliphatic carbocycles. The molecule has 0 aliphatic rings. The molecule has 0 N–H and O–H groups in total. The Kier molecular flexibility index (Phi) is 5.54. The number of carbonyl (C=O) groups is 1. The number of Topliss-reactive ketones (excluding diaryl/α,β-unsaturated/α-hetero) is 1.